The summed E-state index contributed by atoms with van der Waals surface area (Å²) in [5.74, 6) is 0.805. The van der Waals surface area contributed by atoms with Gasteiger partial charge in [-0.3, -0.25) is 4.98 Å². The van der Waals surface area contributed by atoms with Crippen molar-refractivity contribution in [2.75, 3.05) is 6.61 Å². The number of aromatic nitrogens is 5. The van der Waals surface area contributed by atoms with Gasteiger partial charge in [0.05, 0.1) is 0 Å². The SMILES string of the molecule is c1cncc(-c2nn3c([C@@H]4CCCO4)nnc3s2)c1. The normalized spacial score (nSPS) is 19.3. The fourth-order valence-electron chi connectivity index (χ4n) is 2.22. The van der Waals surface area contributed by atoms with E-state index in [1.165, 1.54) is 11.3 Å². The summed E-state index contributed by atoms with van der Waals surface area (Å²) < 4.78 is 7.44. The van der Waals surface area contributed by atoms with Crippen molar-refractivity contribution in [2.24, 2.45) is 0 Å². The maximum absolute atomic E-state index is 5.65. The van der Waals surface area contributed by atoms with Gasteiger partial charge >= 0.3 is 0 Å². The molecular formula is C12H11N5OS. The Kier molecular flexibility index (Phi) is 2.52. The zero-order chi connectivity index (χ0) is 12.7. The van der Waals surface area contributed by atoms with Crippen molar-refractivity contribution in [3.63, 3.8) is 0 Å². The lowest BCUT2D eigenvalue weighted by Crippen LogP contribution is -2.03. The van der Waals surface area contributed by atoms with Crippen molar-refractivity contribution in [1.29, 1.82) is 0 Å². The first-order valence-corrected chi connectivity index (χ1v) is 6.97. The molecule has 6 nitrogen and oxygen atoms in total. The van der Waals surface area contributed by atoms with Gasteiger partial charge in [-0.05, 0) is 25.0 Å². The number of hydrogen-bond donors (Lipinski definition) is 0. The zero-order valence-electron chi connectivity index (χ0n) is 10.1. The number of hydrogen-bond acceptors (Lipinski definition) is 6. The van der Waals surface area contributed by atoms with E-state index in [4.69, 9.17) is 4.74 Å². The van der Waals surface area contributed by atoms with Gasteiger partial charge in [-0.15, -0.1) is 10.2 Å². The molecule has 1 atom stereocenters. The second kappa shape index (κ2) is 4.36. The maximum atomic E-state index is 5.65. The number of fused-ring (bicyclic) bond motifs is 1. The number of nitrogens with zero attached hydrogens (tertiary/aromatic N) is 5. The van der Waals surface area contributed by atoms with Gasteiger partial charge in [0.1, 0.15) is 11.1 Å². The second-order valence-corrected chi connectivity index (χ2v) is 5.36. The summed E-state index contributed by atoms with van der Waals surface area (Å²) in [4.78, 5) is 4.91. The fraction of sp³-hybridized carbons (Fsp3) is 0.333. The van der Waals surface area contributed by atoms with Crippen molar-refractivity contribution < 1.29 is 4.74 Å². The first kappa shape index (κ1) is 11.0. The van der Waals surface area contributed by atoms with Crippen molar-refractivity contribution in [1.82, 2.24) is 24.8 Å². The lowest BCUT2D eigenvalue weighted by molar-refractivity contribution is 0.103. The third-order valence-electron chi connectivity index (χ3n) is 3.14. The Labute approximate surface area is 113 Å². The minimum atomic E-state index is 0.0267. The second-order valence-electron chi connectivity index (χ2n) is 4.40. The third-order valence-corrected chi connectivity index (χ3v) is 4.09. The molecule has 1 fully saturated rings. The summed E-state index contributed by atoms with van der Waals surface area (Å²) in [7, 11) is 0. The number of rotatable bonds is 2. The average molecular weight is 273 g/mol. The highest BCUT2D eigenvalue weighted by molar-refractivity contribution is 7.19. The molecule has 1 aliphatic heterocycles. The van der Waals surface area contributed by atoms with Gasteiger partial charge < -0.3 is 4.74 Å². The molecule has 19 heavy (non-hydrogen) atoms. The molecule has 0 N–H and O–H groups in total. The van der Waals surface area contributed by atoms with Crippen LogP contribution in [0, 0.1) is 0 Å². The molecular weight excluding hydrogens is 262 g/mol. The molecule has 3 aromatic rings. The maximum Gasteiger partial charge on any atom is 0.235 e. The van der Waals surface area contributed by atoms with Crippen molar-refractivity contribution in [3.8, 4) is 10.6 Å². The van der Waals surface area contributed by atoms with Crippen LogP contribution in [0.15, 0.2) is 24.5 Å². The van der Waals surface area contributed by atoms with Crippen LogP contribution in [-0.4, -0.2) is 31.4 Å². The Morgan fingerprint density at radius 1 is 1.37 bits per heavy atom. The smallest absolute Gasteiger partial charge is 0.235 e. The molecule has 7 heteroatoms. The molecule has 4 rings (SSSR count). The van der Waals surface area contributed by atoms with Gasteiger partial charge in [-0.1, -0.05) is 11.3 Å². The highest BCUT2D eigenvalue weighted by atomic mass is 32.1. The Balaban J connectivity index is 1.80. The van der Waals surface area contributed by atoms with Crippen LogP contribution in [0.25, 0.3) is 15.5 Å². The number of pyridine rings is 1. The molecule has 0 aromatic carbocycles. The minimum absolute atomic E-state index is 0.0267. The van der Waals surface area contributed by atoms with Gasteiger partial charge in [0.25, 0.3) is 0 Å². The van der Waals surface area contributed by atoms with Crippen LogP contribution in [0.3, 0.4) is 0 Å². The topological polar surface area (TPSA) is 65.2 Å². The van der Waals surface area contributed by atoms with E-state index in [1.54, 1.807) is 16.9 Å². The molecule has 0 amide bonds. The van der Waals surface area contributed by atoms with E-state index in [2.05, 4.69) is 20.3 Å². The molecule has 0 bridgehead atoms. The van der Waals surface area contributed by atoms with Gasteiger partial charge in [-0.25, -0.2) is 0 Å². The Morgan fingerprint density at radius 2 is 2.37 bits per heavy atom. The largest absolute Gasteiger partial charge is 0.370 e. The van der Waals surface area contributed by atoms with Crippen molar-refractivity contribution in [3.05, 3.63) is 30.4 Å². The predicted octanol–water partition coefficient (Wildman–Crippen LogP) is 2.10. The van der Waals surface area contributed by atoms with E-state index in [-0.39, 0.29) is 6.10 Å². The van der Waals surface area contributed by atoms with E-state index < -0.39 is 0 Å². The summed E-state index contributed by atoms with van der Waals surface area (Å²) in [6.45, 7) is 0.791. The fourth-order valence-corrected chi connectivity index (χ4v) is 3.06. The molecule has 3 aromatic heterocycles. The predicted molar refractivity (Wildman–Crippen MR) is 69.8 cm³/mol. The molecule has 1 aliphatic rings. The Hall–Kier alpha value is -1.86. The van der Waals surface area contributed by atoms with Crippen LogP contribution in [-0.2, 0) is 4.74 Å². The number of ether oxygens (including phenoxy) is 1. The third kappa shape index (κ3) is 1.82. The van der Waals surface area contributed by atoms with Crippen LogP contribution in [0.5, 0.6) is 0 Å². The molecule has 0 saturated carbocycles. The summed E-state index contributed by atoms with van der Waals surface area (Å²) in [5.41, 5.74) is 0.997. The van der Waals surface area contributed by atoms with Crippen molar-refractivity contribution >= 4 is 16.3 Å². The van der Waals surface area contributed by atoms with E-state index in [0.717, 1.165) is 40.8 Å². The van der Waals surface area contributed by atoms with Crippen molar-refractivity contribution in [2.45, 2.75) is 18.9 Å². The minimum Gasteiger partial charge on any atom is -0.370 e. The molecule has 1 saturated heterocycles. The quantitative estimate of drug-likeness (QED) is 0.715. The highest BCUT2D eigenvalue weighted by Gasteiger charge is 2.25. The average Bonchev–Trinajstić information content (AvgIpc) is 3.15. The standard InChI is InChI=1S/C12H11N5OS/c1-3-8(7-13-5-1)11-16-17-10(9-4-2-6-18-9)14-15-12(17)19-11/h1,3,5,7,9H,2,4,6H2/t9-/m0/s1. The van der Waals surface area contributed by atoms with E-state index in [9.17, 15) is 0 Å². The van der Waals surface area contributed by atoms with Gasteiger partial charge in [0.2, 0.25) is 4.96 Å². The van der Waals surface area contributed by atoms with E-state index >= 15 is 0 Å². The Morgan fingerprint density at radius 3 is 3.16 bits per heavy atom. The summed E-state index contributed by atoms with van der Waals surface area (Å²) in [5, 5.41) is 13.8. The first-order chi connectivity index (χ1) is 9.42. The van der Waals surface area contributed by atoms with Gasteiger partial charge in [-0.2, -0.15) is 9.61 Å². The molecule has 0 radical (unpaired) electrons. The van der Waals surface area contributed by atoms with Gasteiger partial charge in [0, 0.05) is 24.6 Å². The van der Waals surface area contributed by atoms with Gasteiger partial charge in [0.15, 0.2) is 5.82 Å². The van der Waals surface area contributed by atoms with E-state index in [1.807, 2.05) is 12.1 Å². The monoisotopic (exact) mass is 273 g/mol. The molecule has 0 aliphatic carbocycles. The molecule has 0 unspecified atom stereocenters. The summed E-state index contributed by atoms with van der Waals surface area (Å²) in [6.07, 6.45) is 5.64. The Bertz CT molecular complexity index is 701. The first-order valence-electron chi connectivity index (χ1n) is 6.16. The molecule has 0 spiro atoms. The molecule has 4 heterocycles. The van der Waals surface area contributed by atoms with Crippen LogP contribution in [0.4, 0.5) is 0 Å². The van der Waals surface area contributed by atoms with Crippen LogP contribution < -0.4 is 0 Å². The zero-order valence-corrected chi connectivity index (χ0v) is 10.9. The summed E-state index contributed by atoms with van der Waals surface area (Å²) >= 11 is 1.51. The highest BCUT2D eigenvalue weighted by Crippen LogP contribution is 2.30. The lowest BCUT2D eigenvalue weighted by atomic mass is 10.2. The summed E-state index contributed by atoms with van der Waals surface area (Å²) in [6, 6.07) is 3.89. The molecule has 96 valence electrons. The van der Waals surface area contributed by atoms with E-state index in [0.29, 0.717) is 0 Å². The van der Waals surface area contributed by atoms with Crippen LogP contribution in [0.1, 0.15) is 24.8 Å². The van der Waals surface area contributed by atoms with Crippen LogP contribution >= 0.6 is 11.3 Å². The van der Waals surface area contributed by atoms with Crippen LogP contribution in [0.2, 0.25) is 0 Å². The lowest BCUT2D eigenvalue weighted by Gasteiger charge is -2.04.